The number of rotatable bonds is 5. The number of carbonyl (C=O) groups is 1. The van der Waals surface area contributed by atoms with Gasteiger partial charge in [-0.1, -0.05) is 28.8 Å². The first-order valence-electron chi connectivity index (χ1n) is 6.75. The number of nitro benzene ring substituents is 1. The molecule has 0 unspecified atom stereocenters. The molecule has 1 aromatic rings. The smallest absolute Gasteiger partial charge is 0.282 e. The van der Waals surface area contributed by atoms with Crippen molar-refractivity contribution in [3.8, 4) is 0 Å². The highest BCUT2D eigenvalue weighted by Crippen LogP contribution is 2.39. The van der Waals surface area contributed by atoms with Crippen LogP contribution in [0.2, 0.25) is 0 Å². The summed E-state index contributed by atoms with van der Waals surface area (Å²) >= 11 is 3.47. The second-order valence-electron chi connectivity index (χ2n) is 5.44. The van der Waals surface area contributed by atoms with Gasteiger partial charge in [-0.2, -0.15) is 0 Å². The van der Waals surface area contributed by atoms with E-state index in [4.69, 9.17) is 0 Å². The Morgan fingerprint density at radius 2 is 2.10 bits per heavy atom. The van der Waals surface area contributed by atoms with Gasteiger partial charge < -0.3 is 5.32 Å². The normalized spacial score (nSPS) is 16.7. The Bertz CT molecular complexity index is 559. The molecule has 0 aromatic heterocycles. The minimum Gasteiger partial charge on any atom is -0.351 e. The second kappa shape index (κ2) is 6.51. The van der Waals surface area contributed by atoms with Gasteiger partial charge in [0.1, 0.15) is 11.4 Å². The summed E-state index contributed by atoms with van der Waals surface area (Å²) in [4.78, 5) is 22.4. The summed E-state index contributed by atoms with van der Waals surface area (Å²) < 4.78 is 13.2. The van der Waals surface area contributed by atoms with E-state index in [2.05, 4.69) is 21.2 Å². The van der Waals surface area contributed by atoms with Gasteiger partial charge in [-0.3, -0.25) is 14.9 Å². The highest BCUT2D eigenvalue weighted by molar-refractivity contribution is 9.09. The lowest BCUT2D eigenvalue weighted by atomic mass is 9.89. The summed E-state index contributed by atoms with van der Waals surface area (Å²) in [5.74, 6) is -1.27. The molecular weight excluding hydrogens is 343 g/mol. The molecule has 0 bridgehead atoms. The van der Waals surface area contributed by atoms with E-state index in [9.17, 15) is 19.3 Å². The molecule has 5 nitrogen and oxygen atoms in total. The summed E-state index contributed by atoms with van der Waals surface area (Å²) in [6.07, 6.45) is 4.23. The largest absolute Gasteiger partial charge is 0.351 e. The van der Waals surface area contributed by atoms with Crippen LogP contribution in [0.15, 0.2) is 18.2 Å². The summed E-state index contributed by atoms with van der Waals surface area (Å²) in [6.45, 7) is 0.435. The maximum absolute atomic E-state index is 13.2. The Kier molecular flexibility index (Phi) is 4.92. The van der Waals surface area contributed by atoms with Crippen molar-refractivity contribution in [2.75, 3.05) is 11.9 Å². The molecule has 114 valence electrons. The van der Waals surface area contributed by atoms with E-state index >= 15 is 0 Å². The van der Waals surface area contributed by atoms with Crippen LogP contribution in [0.3, 0.4) is 0 Å². The van der Waals surface area contributed by atoms with Gasteiger partial charge in [0.05, 0.1) is 4.92 Å². The fourth-order valence-electron chi connectivity index (χ4n) is 2.69. The first kappa shape index (κ1) is 15.9. The van der Waals surface area contributed by atoms with E-state index < -0.39 is 16.6 Å². The summed E-state index contributed by atoms with van der Waals surface area (Å²) in [6, 6.07) is 2.90. The zero-order chi connectivity index (χ0) is 15.5. The third-order valence-electron chi connectivity index (χ3n) is 3.97. The molecule has 1 N–H and O–H groups in total. The van der Waals surface area contributed by atoms with Gasteiger partial charge in [0.25, 0.3) is 11.6 Å². The number of carbonyl (C=O) groups excluding carboxylic acids is 1. The molecule has 0 aliphatic heterocycles. The van der Waals surface area contributed by atoms with E-state index in [0.29, 0.717) is 6.54 Å². The van der Waals surface area contributed by atoms with Crippen LogP contribution >= 0.6 is 15.9 Å². The van der Waals surface area contributed by atoms with Crippen LogP contribution in [0.5, 0.6) is 0 Å². The molecule has 1 saturated carbocycles. The van der Waals surface area contributed by atoms with E-state index in [1.807, 2.05) is 0 Å². The van der Waals surface area contributed by atoms with Crippen molar-refractivity contribution in [2.45, 2.75) is 25.7 Å². The third kappa shape index (κ3) is 3.58. The van der Waals surface area contributed by atoms with Gasteiger partial charge in [0.15, 0.2) is 0 Å². The van der Waals surface area contributed by atoms with Gasteiger partial charge in [-0.15, -0.1) is 0 Å². The van der Waals surface area contributed by atoms with Crippen LogP contribution < -0.4 is 5.32 Å². The Morgan fingerprint density at radius 3 is 2.67 bits per heavy atom. The molecule has 1 fully saturated rings. The number of alkyl halides is 1. The van der Waals surface area contributed by atoms with Gasteiger partial charge in [-0.25, -0.2) is 4.39 Å². The molecule has 7 heteroatoms. The second-order valence-corrected chi connectivity index (χ2v) is 6.00. The lowest BCUT2D eigenvalue weighted by Gasteiger charge is -2.26. The number of halogens is 2. The van der Waals surface area contributed by atoms with Crippen molar-refractivity contribution in [2.24, 2.45) is 5.41 Å². The predicted molar refractivity (Wildman–Crippen MR) is 80.1 cm³/mol. The van der Waals surface area contributed by atoms with Crippen molar-refractivity contribution in [3.05, 3.63) is 39.7 Å². The molecule has 0 radical (unpaired) electrons. The number of nitrogens with zero attached hydrogens (tertiary/aromatic N) is 1. The lowest BCUT2D eigenvalue weighted by Crippen LogP contribution is -2.37. The Balaban J connectivity index is 2.13. The first-order valence-corrected chi connectivity index (χ1v) is 7.88. The first-order chi connectivity index (χ1) is 9.97. The van der Waals surface area contributed by atoms with Crippen LogP contribution in [-0.4, -0.2) is 22.7 Å². The van der Waals surface area contributed by atoms with Crippen LogP contribution in [-0.2, 0) is 0 Å². The van der Waals surface area contributed by atoms with Crippen molar-refractivity contribution in [1.29, 1.82) is 0 Å². The monoisotopic (exact) mass is 358 g/mol. The summed E-state index contributed by atoms with van der Waals surface area (Å²) in [5.41, 5.74) is -0.617. The molecule has 2 rings (SSSR count). The van der Waals surface area contributed by atoms with Gasteiger partial charge >= 0.3 is 0 Å². The molecule has 0 heterocycles. The summed E-state index contributed by atoms with van der Waals surface area (Å²) in [5, 5.41) is 14.4. The molecular formula is C14H16BrFN2O3. The minimum absolute atomic E-state index is 0.00222. The highest BCUT2D eigenvalue weighted by Gasteiger charge is 2.33. The Hall–Kier alpha value is -1.50. The minimum atomic E-state index is -0.676. The van der Waals surface area contributed by atoms with Gasteiger partial charge in [0.2, 0.25) is 0 Å². The molecule has 1 aliphatic carbocycles. The number of hydrogen-bond donors (Lipinski definition) is 1. The third-order valence-corrected chi connectivity index (χ3v) is 5.16. The SMILES string of the molecule is O=C(NCC1(CBr)CCCC1)c1cc(F)ccc1[N+](=O)[O-]. The fraction of sp³-hybridized carbons (Fsp3) is 0.500. The molecule has 0 spiro atoms. The van der Waals surface area contributed by atoms with Crippen LogP contribution in [0, 0.1) is 21.3 Å². The van der Waals surface area contributed by atoms with Crippen molar-refractivity contribution in [3.63, 3.8) is 0 Å². The Morgan fingerprint density at radius 1 is 1.43 bits per heavy atom. The predicted octanol–water partition coefficient (Wildman–Crippen LogP) is 3.42. The van der Waals surface area contributed by atoms with Crippen molar-refractivity contribution in [1.82, 2.24) is 5.32 Å². The number of amides is 1. The van der Waals surface area contributed by atoms with E-state index in [0.717, 1.165) is 49.2 Å². The molecule has 1 aromatic carbocycles. The molecule has 1 aliphatic rings. The van der Waals surface area contributed by atoms with Crippen LogP contribution in [0.1, 0.15) is 36.0 Å². The molecule has 1 amide bonds. The van der Waals surface area contributed by atoms with E-state index in [-0.39, 0.29) is 16.7 Å². The highest BCUT2D eigenvalue weighted by atomic mass is 79.9. The fourth-order valence-corrected chi connectivity index (χ4v) is 3.45. The van der Waals surface area contributed by atoms with E-state index in [1.165, 1.54) is 0 Å². The number of hydrogen-bond acceptors (Lipinski definition) is 3. The lowest BCUT2D eigenvalue weighted by molar-refractivity contribution is -0.385. The average molecular weight is 359 g/mol. The maximum Gasteiger partial charge on any atom is 0.282 e. The summed E-state index contributed by atoms with van der Waals surface area (Å²) in [7, 11) is 0. The number of nitro groups is 1. The number of nitrogens with one attached hydrogen (secondary N) is 1. The zero-order valence-electron chi connectivity index (χ0n) is 11.4. The standard InChI is InChI=1S/C14H16BrFN2O3/c15-8-14(5-1-2-6-14)9-17-13(19)11-7-10(16)3-4-12(11)18(20)21/h3-4,7H,1-2,5-6,8-9H2,(H,17,19). The number of benzene rings is 1. The quantitative estimate of drug-likeness (QED) is 0.497. The molecule has 21 heavy (non-hydrogen) atoms. The average Bonchev–Trinajstić information content (AvgIpc) is 2.94. The van der Waals surface area contributed by atoms with Crippen molar-refractivity contribution < 1.29 is 14.1 Å². The zero-order valence-corrected chi connectivity index (χ0v) is 13.0. The van der Waals surface area contributed by atoms with Gasteiger partial charge in [-0.05, 0) is 30.4 Å². The van der Waals surface area contributed by atoms with Gasteiger partial charge in [0, 0.05) is 17.9 Å². The Labute approximate surface area is 130 Å². The van der Waals surface area contributed by atoms with Crippen molar-refractivity contribution >= 4 is 27.5 Å². The molecule has 0 saturated heterocycles. The van der Waals surface area contributed by atoms with E-state index in [1.54, 1.807) is 0 Å². The topological polar surface area (TPSA) is 72.2 Å². The van der Waals surface area contributed by atoms with Crippen LogP contribution in [0.4, 0.5) is 10.1 Å². The van der Waals surface area contributed by atoms with Crippen LogP contribution in [0.25, 0.3) is 0 Å². The maximum atomic E-state index is 13.2. The molecule has 0 atom stereocenters.